The number of rotatable bonds is 4. The normalized spacial score (nSPS) is 11.1. The van der Waals surface area contributed by atoms with Gasteiger partial charge in [0.25, 0.3) is 0 Å². The first-order valence-corrected chi connectivity index (χ1v) is 9.10. The Morgan fingerprint density at radius 3 is 2.44 bits per heavy atom. The lowest BCUT2D eigenvalue weighted by Gasteiger charge is -2.08. The maximum absolute atomic E-state index is 9.85. The lowest BCUT2D eigenvalue weighted by atomic mass is 10.2. The standard InChI is InChI=1S/C21H15BrN4O/c22-16-11-9-14(10-12-16)20-24-18-7-3-2-6-17(18)21(25-20)26-23-13-15-5-1-4-8-19(15)27/h1-13,27H,(H,24,25,26)/b23-13+. The second-order valence-electron chi connectivity index (χ2n) is 5.85. The van der Waals surface area contributed by atoms with Crippen LogP contribution in [0.15, 0.2) is 82.4 Å². The minimum absolute atomic E-state index is 0.172. The number of hydrazone groups is 1. The van der Waals surface area contributed by atoms with Crippen molar-refractivity contribution in [1.29, 1.82) is 0 Å². The van der Waals surface area contributed by atoms with Gasteiger partial charge >= 0.3 is 0 Å². The first-order valence-electron chi connectivity index (χ1n) is 8.30. The third kappa shape index (κ3) is 3.80. The maximum Gasteiger partial charge on any atom is 0.162 e. The van der Waals surface area contributed by atoms with Gasteiger partial charge in [-0.1, -0.05) is 52.3 Å². The smallest absolute Gasteiger partial charge is 0.162 e. The van der Waals surface area contributed by atoms with Crippen molar-refractivity contribution in [3.05, 3.63) is 82.8 Å². The van der Waals surface area contributed by atoms with Crippen molar-refractivity contribution in [2.24, 2.45) is 5.10 Å². The summed E-state index contributed by atoms with van der Waals surface area (Å²) in [4.78, 5) is 9.30. The lowest BCUT2D eigenvalue weighted by molar-refractivity contribution is 0.474. The highest BCUT2D eigenvalue weighted by Gasteiger charge is 2.09. The fourth-order valence-electron chi connectivity index (χ4n) is 2.65. The van der Waals surface area contributed by atoms with Crippen LogP contribution < -0.4 is 5.43 Å². The number of aromatic nitrogens is 2. The summed E-state index contributed by atoms with van der Waals surface area (Å²) in [6.07, 6.45) is 1.56. The Morgan fingerprint density at radius 1 is 0.889 bits per heavy atom. The predicted molar refractivity (Wildman–Crippen MR) is 112 cm³/mol. The molecule has 3 aromatic carbocycles. The van der Waals surface area contributed by atoms with Gasteiger partial charge in [0.05, 0.1) is 11.7 Å². The Bertz CT molecular complexity index is 1130. The quantitative estimate of drug-likeness (QED) is 0.352. The molecular weight excluding hydrogens is 404 g/mol. The lowest BCUT2D eigenvalue weighted by Crippen LogP contribution is -1.99. The van der Waals surface area contributed by atoms with E-state index in [0.29, 0.717) is 17.2 Å². The van der Waals surface area contributed by atoms with Gasteiger partial charge in [0.15, 0.2) is 11.6 Å². The Labute approximate surface area is 164 Å². The highest BCUT2D eigenvalue weighted by molar-refractivity contribution is 9.10. The molecule has 27 heavy (non-hydrogen) atoms. The third-order valence-electron chi connectivity index (χ3n) is 4.02. The van der Waals surface area contributed by atoms with Gasteiger partial charge in [-0.25, -0.2) is 9.97 Å². The van der Waals surface area contributed by atoms with E-state index in [1.807, 2.05) is 54.6 Å². The number of hydrogen-bond donors (Lipinski definition) is 2. The van der Waals surface area contributed by atoms with Crippen molar-refractivity contribution >= 4 is 38.9 Å². The van der Waals surface area contributed by atoms with Gasteiger partial charge in [-0.3, -0.25) is 5.43 Å². The summed E-state index contributed by atoms with van der Waals surface area (Å²) in [6.45, 7) is 0. The Balaban J connectivity index is 1.72. The maximum atomic E-state index is 9.85. The predicted octanol–water partition coefficient (Wildman–Crippen LogP) is 5.21. The minimum atomic E-state index is 0.172. The summed E-state index contributed by atoms with van der Waals surface area (Å²) in [6, 6.07) is 22.6. The zero-order valence-electron chi connectivity index (χ0n) is 14.2. The van der Waals surface area contributed by atoms with Gasteiger partial charge in [0.1, 0.15) is 5.75 Å². The summed E-state index contributed by atoms with van der Waals surface area (Å²) in [5.74, 6) is 1.39. The van der Waals surface area contributed by atoms with Gasteiger partial charge in [-0.05, 0) is 36.4 Å². The first kappa shape index (κ1) is 17.2. The van der Waals surface area contributed by atoms with Crippen LogP contribution in [0.3, 0.4) is 0 Å². The zero-order valence-corrected chi connectivity index (χ0v) is 15.8. The van der Waals surface area contributed by atoms with Crippen molar-refractivity contribution in [2.75, 3.05) is 5.43 Å². The monoisotopic (exact) mass is 418 g/mol. The number of anilines is 1. The number of hydrogen-bond acceptors (Lipinski definition) is 5. The molecule has 0 aliphatic carbocycles. The number of fused-ring (bicyclic) bond motifs is 1. The summed E-state index contributed by atoms with van der Waals surface area (Å²) >= 11 is 3.44. The number of phenols is 1. The second-order valence-corrected chi connectivity index (χ2v) is 6.76. The molecule has 6 heteroatoms. The van der Waals surface area contributed by atoms with Crippen LogP contribution in [0.5, 0.6) is 5.75 Å². The molecule has 0 saturated heterocycles. The fourth-order valence-corrected chi connectivity index (χ4v) is 2.91. The number of halogens is 1. The van der Waals surface area contributed by atoms with E-state index in [9.17, 15) is 5.11 Å². The number of para-hydroxylation sites is 2. The molecule has 1 heterocycles. The molecule has 1 aromatic heterocycles. The molecule has 5 nitrogen and oxygen atoms in total. The molecule has 0 fully saturated rings. The molecule has 0 amide bonds. The van der Waals surface area contributed by atoms with Crippen LogP contribution in [0, 0.1) is 0 Å². The molecule has 4 aromatic rings. The number of aromatic hydroxyl groups is 1. The van der Waals surface area contributed by atoms with E-state index in [1.54, 1.807) is 24.4 Å². The molecule has 0 saturated carbocycles. The van der Waals surface area contributed by atoms with E-state index < -0.39 is 0 Å². The second kappa shape index (κ2) is 7.55. The van der Waals surface area contributed by atoms with Crippen molar-refractivity contribution in [3.63, 3.8) is 0 Å². The topological polar surface area (TPSA) is 70.4 Å². The number of benzene rings is 3. The Hall–Kier alpha value is -3.25. The highest BCUT2D eigenvalue weighted by atomic mass is 79.9. The molecule has 132 valence electrons. The van der Waals surface area contributed by atoms with Gasteiger partial charge < -0.3 is 5.11 Å². The van der Waals surface area contributed by atoms with Crippen LogP contribution in [0.2, 0.25) is 0 Å². The number of nitrogens with zero attached hydrogens (tertiary/aromatic N) is 3. The molecule has 0 atom stereocenters. The summed E-state index contributed by atoms with van der Waals surface area (Å²) in [5, 5.41) is 15.0. The van der Waals surface area contributed by atoms with E-state index in [4.69, 9.17) is 0 Å². The fraction of sp³-hybridized carbons (Fsp3) is 0. The Kier molecular flexibility index (Phi) is 4.80. The summed E-state index contributed by atoms with van der Waals surface area (Å²) < 4.78 is 0.998. The van der Waals surface area contributed by atoms with Gasteiger partial charge in [-0.15, -0.1) is 0 Å². The molecule has 4 rings (SSSR count). The van der Waals surface area contributed by atoms with Crippen LogP contribution in [0.4, 0.5) is 5.82 Å². The third-order valence-corrected chi connectivity index (χ3v) is 4.55. The van der Waals surface area contributed by atoms with Crippen molar-refractivity contribution < 1.29 is 5.11 Å². The Morgan fingerprint density at radius 2 is 1.63 bits per heavy atom. The molecular formula is C21H15BrN4O. The molecule has 0 aliphatic rings. The van der Waals surface area contributed by atoms with Crippen LogP contribution in [0.1, 0.15) is 5.56 Å². The van der Waals surface area contributed by atoms with E-state index in [0.717, 1.165) is 20.9 Å². The van der Waals surface area contributed by atoms with Crippen LogP contribution in [0.25, 0.3) is 22.3 Å². The zero-order chi connectivity index (χ0) is 18.6. The molecule has 0 spiro atoms. The molecule has 0 radical (unpaired) electrons. The minimum Gasteiger partial charge on any atom is -0.507 e. The number of nitrogens with one attached hydrogen (secondary N) is 1. The molecule has 2 N–H and O–H groups in total. The summed E-state index contributed by atoms with van der Waals surface area (Å²) in [5.41, 5.74) is 5.34. The van der Waals surface area contributed by atoms with Crippen molar-refractivity contribution in [1.82, 2.24) is 9.97 Å². The van der Waals surface area contributed by atoms with Gasteiger partial charge in [0, 0.05) is 21.0 Å². The largest absolute Gasteiger partial charge is 0.507 e. The molecule has 0 bridgehead atoms. The van der Waals surface area contributed by atoms with Crippen molar-refractivity contribution in [3.8, 4) is 17.1 Å². The van der Waals surface area contributed by atoms with E-state index >= 15 is 0 Å². The molecule has 0 unspecified atom stereocenters. The summed E-state index contributed by atoms with van der Waals surface area (Å²) in [7, 11) is 0. The first-order chi connectivity index (χ1) is 13.2. The molecule has 0 aliphatic heterocycles. The van der Waals surface area contributed by atoms with Crippen LogP contribution in [-0.2, 0) is 0 Å². The van der Waals surface area contributed by atoms with Gasteiger partial charge in [0.2, 0.25) is 0 Å². The number of phenolic OH excluding ortho intramolecular Hbond substituents is 1. The van der Waals surface area contributed by atoms with Crippen molar-refractivity contribution in [2.45, 2.75) is 0 Å². The van der Waals surface area contributed by atoms with E-state index in [1.165, 1.54) is 0 Å². The van der Waals surface area contributed by atoms with Crippen LogP contribution >= 0.6 is 15.9 Å². The average molecular weight is 419 g/mol. The van der Waals surface area contributed by atoms with Gasteiger partial charge in [-0.2, -0.15) is 5.10 Å². The van der Waals surface area contributed by atoms with E-state index in [-0.39, 0.29) is 5.75 Å². The SMILES string of the molecule is Oc1ccccc1/C=N/Nc1nc(-c2ccc(Br)cc2)nc2ccccc12. The average Bonchev–Trinajstić information content (AvgIpc) is 2.70. The van der Waals surface area contributed by atoms with E-state index in [2.05, 4.69) is 36.4 Å². The highest BCUT2D eigenvalue weighted by Crippen LogP contribution is 2.26. The van der Waals surface area contributed by atoms with Crippen LogP contribution in [-0.4, -0.2) is 21.3 Å².